The van der Waals surface area contributed by atoms with Gasteiger partial charge in [0.25, 0.3) is 5.91 Å². The number of nitrogens with zero attached hydrogens (tertiary/aromatic N) is 4. The van der Waals surface area contributed by atoms with Crippen LogP contribution in [0, 0.1) is 11.3 Å². The number of carbonyl (C=O) groups is 1. The number of amides is 1. The number of nitrogens with two attached hydrogens (primary N) is 1. The van der Waals surface area contributed by atoms with Crippen LogP contribution in [0.3, 0.4) is 0 Å². The summed E-state index contributed by atoms with van der Waals surface area (Å²) >= 11 is 7.57. The molecule has 1 amide bonds. The molecule has 5 aromatic rings. The van der Waals surface area contributed by atoms with Crippen molar-refractivity contribution in [3.8, 4) is 11.5 Å². The maximum absolute atomic E-state index is 14.0. The van der Waals surface area contributed by atoms with E-state index in [0.29, 0.717) is 40.1 Å². The van der Waals surface area contributed by atoms with Gasteiger partial charge in [-0.05, 0) is 160 Å². The van der Waals surface area contributed by atoms with E-state index < -0.39 is 0 Å². The number of piperidine rings is 1. The average Bonchev–Trinajstić information content (AvgIpc) is 3.79. The molecule has 3 aliphatic heterocycles. The van der Waals surface area contributed by atoms with Crippen molar-refractivity contribution in [2.24, 2.45) is 11.3 Å². The van der Waals surface area contributed by atoms with E-state index in [-0.39, 0.29) is 5.91 Å². The van der Waals surface area contributed by atoms with E-state index >= 15 is 0 Å². The molecule has 11 nitrogen and oxygen atoms in total. The molecule has 0 unspecified atom stereocenters. The number of hydrogen-bond acceptors (Lipinski definition) is 10. The molecule has 4 fully saturated rings. The minimum atomic E-state index is -0.249. The molecule has 3 saturated heterocycles. The lowest BCUT2D eigenvalue weighted by atomic mass is 9.59. The number of piperazine rings is 1. The molecule has 1 saturated carbocycles. The third kappa shape index (κ3) is 9.91. The molecule has 10 rings (SSSR count). The Morgan fingerprint density at radius 3 is 2.52 bits per heavy atom. The van der Waals surface area contributed by atoms with Crippen molar-refractivity contribution in [2.45, 2.75) is 75.1 Å². The summed E-state index contributed by atoms with van der Waals surface area (Å²) in [6, 6.07) is 25.0. The summed E-state index contributed by atoms with van der Waals surface area (Å²) in [6.45, 7) is 9.67. The van der Waals surface area contributed by atoms with Gasteiger partial charge in [0.15, 0.2) is 0 Å². The van der Waals surface area contributed by atoms with Crippen LogP contribution in [0.15, 0.2) is 95.7 Å². The van der Waals surface area contributed by atoms with E-state index in [2.05, 4.69) is 46.8 Å². The molecule has 0 atom stereocenters. The molecule has 5 heterocycles. The minimum Gasteiger partial charge on any atom is -0.455 e. The second kappa shape index (κ2) is 19.4. The molecular formula is C51H61ClN8O3S. The number of pyridine rings is 1. The number of anilines is 3. The van der Waals surface area contributed by atoms with Crippen molar-refractivity contribution in [1.29, 1.82) is 0 Å². The van der Waals surface area contributed by atoms with Gasteiger partial charge >= 0.3 is 0 Å². The number of likely N-dealkylation sites (tertiary alicyclic amines) is 1. The fourth-order valence-electron chi connectivity index (χ4n) is 10.7. The van der Waals surface area contributed by atoms with E-state index in [9.17, 15) is 4.79 Å². The van der Waals surface area contributed by atoms with Crippen LogP contribution < -0.4 is 25.4 Å². The molecule has 5 N–H and O–H groups in total. The summed E-state index contributed by atoms with van der Waals surface area (Å²) in [5.74, 6) is 1.42. The van der Waals surface area contributed by atoms with Crippen LogP contribution in [0.5, 0.6) is 11.5 Å². The lowest BCUT2D eigenvalue weighted by molar-refractivity contribution is 0.0219. The first-order chi connectivity index (χ1) is 31.3. The highest BCUT2D eigenvalue weighted by atomic mass is 35.5. The number of allylic oxidation sites excluding steroid dienone is 1. The monoisotopic (exact) mass is 900 g/mol. The zero-order chi connectivity index (χ0) is 43.5. The van der Waals surface area contributed by atoms with E-state index in [0.717, 1.165) is 111 Å². The first-order valence-corrected chi connectivity index (χ1v) is 24.6. The summed E-state index contributed by atoms with van der Waals surface area (Å²) in [6.07, 6.45) is 16.0. The molecule has 2 aromatic heterocycles. The second-order valence-electron chi connectivity index (χ2n) is 18.7. The van der Waals surface area contributed by atoms with Gasteiger partial charge in [-0.25, -0.2) is 4.98 Å². The van der Waals surface area contributed by atoms with Crippen molar-refractivity contribution in [3.63, 3.8) is 0 Å². The highest BCUT2D eigenvalue weighted by Crippen LogP contribution is 2.55. The SMILES string of the molecule is Nc1cc(SNC(=O)c2ccc(N3CCN(CC4=C(c5ccc(Cl)cc5)CC5(CCC5)CC4)CC3)cc2Oc2cnc3[nH]ccc3c2)ccc1NCC1CCN(C2CCOCC2)CC1. The summed E-state index contributed by atoms with van der Waals surface area (Å²) < 4.78 is 15.2. The molecule has 13 heteroatoms. The van der Waals surface area contributed by atoms with Crippen molar-refractivity contribution in [3.05, 3.63) is 107 Å². The van der Waals surface area contributed by atoms with Crippen LogP contribution in [0.2, 0.25) is 5.02 Å². The van der Waals surface area contributed by atoms with Gasteiger partial charge in [-0.2, -0.15) is 0 Å². The largest absolute Gasteiger partial charge is 0.455 e. The first-order valence-electron chi connectivity index (χ1n) is 23.4. The second-order valence-corrected chi connectivity index (χ2v) is 20.1. The molecule has 64 heavy (non-hydrogen) atoms. The van der Waals surface area contributed by atoms with Crippen LogP contribution in [0.25, 0.3) is 16.6 Å². The Balaban J connectivity index is 0.781. The van der Waals surface area contributed by atoms with Gasteiger partial charge in [0, 0.05) is 91.8 Å². The third-order valence-electron chi connectivity index (χ3n) is 14.7. The average molecular weight is 902 g/mol. The molecule has 336 valence electrons. The predicted molar refractivity (Wildman–Crippen MR) is 261 cm³/mol. The summed E-state index contributed by atoms with van der Waals surface area (Å²) in [5, 5.41) is 5.34. The number of aromatic amines is 1. The van der Waals surface area contributed by atoms with Gasteiger partial charge in [-0.1, -0.05) is 35.7 Å². The third-order valence-corrected chi connectivity index (χ3v) is 15.8. The zero-order valence-electron chi connectivity index (χ0n) is 36.8. The molecule has 3 aromatic carbocycles. The van der Waals surface area contributed by atoms with Crippen molar-refractivity contribution < 1.29 is 14.3 Å². The lowest BCUT2D eigenvalue weighted by Crippen LogP contribution is -2.47. The lowest BCUT2D eigenvalue weighted by Gasteiger charge is -2.47. The van der Waals surface area contributed by atoms with Crippen LogP contribution in [-0.2, 0) is 4.74 Å². The number of fused-ring (bicyclic) bond motifs is 1. The Labute approximate surface area is 386 Å². The maximum Gasteiger partial charge on any atom is 0.265 e. The number of H-pyrrole nitrogens is 1. The number of carbonyl (C=O) groups excluding carboxylic acids is 1. The molecule has 0 radical (unpaired) electrons. The normalized spacial score (nSPS) is 20.1. The van der Waals surface area contributed by atoms with Crippen LogP contribution >= 0.6 is 23.5 Å². The smallest absolute Gasteiger partial charge is 0.265 e. The zero-order valence-corrected chi connectivity index (χ0v) is 38.3. The molecule has 1 spiro atoms. The molecule has 0 bridgehead atoms. The number of nitrogens with one attached hydrogen (secondary N) is 3. The number of hydrogen-bond donors (Lipinski definition) is 4. The Hall–Kier alpha value is -4.72. The van der Waals surface area contributed by atoms with Gasteiger partial charge in [-0.15, -0.1) is 0 Å². The van der Waals surface area contributed by atoms with E-state index in [1.165, 1.54) is 68.9 Å². The Kier molecular flexibility index (Phi) is 13.1. The van der Waals surface area contributed by atoms with Crippen LogP contribution in [0.4, 0.5) is 17.1 Å². The van der Waals surface area contributed by atoms with E-state index in [1.54, 1.807) is 17.3 Å². The number of ether oxygens (including phenoxy) is 2. The van der Waals surface area contributed by atoms with Gasteiger partial charge in [0.1, 0.15) is 17.1 Å². The number of nitrogen functional groups attached to an aromatic ring is 1. The highest BCUT2D eigenvalue weighted by Gasteiger charge is 2.41. The number of halogens is 1. The van der Waals surface area contributed by atoms with E-state index in [1.807, 2.05) is 66.9 Å². The Morgan fingerprint density at radius 2 is 1.75 bits per heavy atom. The van der Waals surface area contributed by atoms with Crippen LogP contribution in [0.1, 0.15) is 80.1 Å². The standard InChI is InChI=1S/C51H61ClN8O3S/c52-39-4-2-36(3-5-39)45-31-51(16-1-17-51)18-10-38(45)34-58-22-24-60(25-23-58)41-6-8-44(48(29-41)63-42-28-37-11-19-54-49(37)56-33-42)50(61)57-64-43-7-9-47(46(53)30-43)55-32-35-12-20-59(21-13-35)40-14-26-62-27-15-40/h2-9,11,19,28-30,33,35,40,55H,1,10,12-18,20-27,31-32,34,53H2,(H,54,56)(H,57,61). The van der Waals surface area contributed by atoms with Gasteiger partial charge in [0.2, 0.25) is 0 Å². The van der Waals surface area contributed by atoms with Crippen molar-refractivity contribution in [1.82, 2.24) is 24.5 Å². The number of aromatic nitrogens is 2. The Bertz CT molecular complexity index is 2450. The molecular weight excluding hydrogens is 840 g/mol. The highest BCUT2D eigenvalue weighted by molar-refractivity contribution is 7.98. The maximum atomic E-state index is 14.0. The fourth-order valence-corrected chi connectivity index (χ4v) is 11.4. The quantitative estimate of drug-likeness (QED) is 0.0671. The molecule has 5 aliphatic rings. The number of benzene rings is 3. The summed E-state index contributed by atoms with van der Waals surface area (Å²) in [4.78, 5) is 30.2. The fraction of sp³-hybridized carbons (Fsp3) is 0.451. The van der Waals surface area contributed by atoms with Crippen LogP contribution in [-0.4, -0.2) is 97.3 Å². The van der Waals surface area contributed by atoms with Crippen molar-refractivity contribution in [2.75, 3.05) is 81.5 Å². The minimum absolute atomic E-state index is 0.249. The van der Waals surface area contributed by atoms with E-state index in [4.69, 9.17) is 26.8 Å². The summed E-state index contributed by atoms with van der Waals surface area (Å²) in [5.41, 5.74) is 15.4. The summed E-state index contributed by atoms with van der Waals surface area (Å²) in [7, 11) is 0. The van der Waals surface area contributed by atoms with Gasteiger partial charge in [0.05, 0.1) is 23.1 Å². The first kappa shape index (κ1) is 43.2. The Morgan fingerprint density at radius 1 is 0.938 bits per heavy atom. The molecule has 2 aliphatic carbocycles. The van der Waals surface area contributed by atoms with Gasteiger partial charge < -0.3 is 35.3 Å². The van der Waals surface area contributed by atoms with Crippen molar-refractivity contribution >= 4 is 63.1 Å². The number of rotatable bonds is 13. The topological polar surface area (TPSA) is 124 Å². The predicted octanol–water partition coefficient (Wildman–Crippen LogP) is 10.3. The van der Waals surface area contributed by atoms with Gasteiger partial charge in [-0.3, -0.25) is 14.4 Å².